The van der Waals surface area contributed by atoms with Crippen LogP contribution < -0.4 is 0 Å². The van der Waals surface area contributed by atoms with Crippen LogP contribution in [0.4, 0.5) is 5.69 Å². The second kappa shape index (κ2) is 7.05. The molecule has 2 rings (SSSR count). The molecule has 0 spiro atoms. The number of hydrogen-bond acceptors (Lipinski definition) is 3. The number of aryl methyl sites for hydroxylation is 2. The molecule has 0 saturated heterocycles. The normalized spacial score (nSPS) is 11.9. The van der Waals surface area contributed by atoms with Crippen LogP contribution in [0.5, 0.6) is 0 Å². The summed E-state index contributed by atoms with van der Waals surface area (Å²) in [7, 11) is 0. The summed E-state index contributed by atoms with van der Waals surface area (Å²) in [5.74, 6) is -1.65. The minimum absolute atomic E-state index is 0.0213. The smallest absolute Gasteiger partial charge is 0.311 e. The molecular formula is C18H19NO4. The maximum absolute atomic E-state index is 11.6. The maximum atomic E-state index is 11.6. The van der Waals surface area contributed by atoms with E-state index in [0.717, 1.165) is 12.0 Å². The van der Waals surface area contributed by atoms with Crippen molar-refractivity contribution in [1.82, 2.24) is 0 Å². The molecule has 0 aliphatic heterocycles. The lowest BCUT2D eigenvalue weighted by Gasteiger charge is -2.14. The van der Waals surface area contributed by atoms with Crippen molar-refractivity contribution in [3.8, 4) is 0 Å². The molecule has 5 heteroatoms. The minimum atomic E-state index is -0.933. The van der Waals surface area contributed by atoms with E-state index in [1.807, 2.05) is 31.2 Å². The summed E-state index contributed by atoms with van der Waals surface area (Å²) in [4.78, 5) is 22.2. The summed E-state index contributed by atoms with van der Waals surface area (Å²) >= 11 is 0. The van der Waals surface area contributed by atoms with Gasteiger partial charge in [0.05, 0.1) is 10.8 Å². The molecule has 0 heterocycles. The maximum Gasteiger partial charge on any atom is 0.311 e. The van der Waals surface area contributed by atoms with Gasteiger partial charge in [-0.05, 0) is 36.5 Å². The molecule has 5 nitrogen and oxygen atoms in total. The lowest BCUT2D eigenvalue weighted by atomic mass is 9.91. The quantitative estimate of drug-likeness (QED) is 0.648. The monoisotopic (exact) mass is 313 g/mol. The van der Waals surface area contributed by atoms with Crippen LogP contribution in [0.2, 0.25) is 0 Å². The van der Waals surface area contributed by atoms with Crippen molar-refractivity contribution < 1.29 is 14.8 Å². The van der Waals surface area contributed by atoms with E-state index in [1.165, 1.54) is 6.07 Å². The molecule has 1 atom stereocenters. The number of carbonyl (C=O) groups is 1. The Labute approximate surface area is 134 Å². The van der Waals surface area contributed by atoms with Gasteiger partial charge in [-0.1, -0.05) is 43.3 Å². The van der Waals surface area contributed by atoms with E-state index in [9.17, 15) is 20.0 Å². The molecular weight excluding hydrogens is 294 g/mol. The molecule has 0 radical (unpaired) electrons. The van der Waals surface area contributed by atoms with Crippen LogP contribution in [-0.4, -0.2) is 16.0 Å². The highest BCUT2D eigenvalue weighted by atomic mass is 16.6. The van der Waals surface area contributed by atoms with Crippen LogP contribution in [0.3, 0.4) is 0 Å². The fraction of sp³-hybridized carbons (Fsp3) is 0.278. The van der Waals surface area contributed by atoms with E-state index >= 15 is 0 Å². The molecule has 2 aromatic carbocycles. The first kappa shape index (κ1) is 16.7. The van der Waals surface area contributed by atoms with E-state index in [1.54, 1.807) is 19.1 Å². The lowest BCUT2D eigenvalue weighted by molar-refractivity contribution is -0.385. The van der Waals surface area contributed by atoms with Gasteiger partial charge in [0.25, 0.3) is 5.69 Å². The zero-order valence-corrected chi connectivity index (χ0v) is 13.2. The third-order valence-corrected chi connectivity index (χ3v) is 4.00. The van der Waals surface area contributed by atoms with Crippen LogP contribution in [0, 0.1) is 17.0 Å². The first-order chi connectivity index (χ1) is 10.9. The Kier molecular flexibility index (Phi) is 5.11. The molecule has 2 aromatic rings. The van der Waals surface area contributed by atoms with Crippen molar-refractivity contribution in [3.05, 3.63) is 74.8 Å². The van der Waals surface area contributed by atoms with Crippen molar-refractivity contribution in [2.24, 2.45) is 0 Å². The van der Waals surface area contributed by atoms with E-state index in [0.29, 0.717) is 16.7 Å². The largest absolute Gasteiger partial charge is 0.481 e. The van der Waals surface area contributed by atoms with Gasteiger partial charge in [-0.3, -0.25) is 14.9 Å². The summed E-state index contributed by atoms with van der Waals surface area (Å²) < 4.78 is 0. The first-order valence-electron chi connectivity index (χ1n) is 7.48. The zero-order chi connectivity index (χ0) is 17.0. The third-order valence-electron chi connectivity index (χ3n) is 4.00. The second-order valence-corrected chi connectivity index (χ2v) is 5.57. The van der Waals surface area contributed by atoms with Crippen LogP contribution in [0.1, 0.15) is 35.1 Å². The number of hydrogen-bond donors (Lipinski definition) is 1. The van der Waals surface area contributed by atoms with Crippen LogP contribution in [0.25, 0.3) is 0 Å². The molecule has 0 aliphatic rings. The van der Waals surface area contributed by atoms with Gasteiger partial charge >= 0.3 is 5.97 Å². The molecule has 23 heavy (non-hydrogen) atoms. The predicted molar refractivity (Wildman–Crippen MR) is 87.7 cm³/mol. The average Bonchev–Trinajstić information content (AvgIpc) is 2.53. The standard InChI is InChI=1S/C18H19NO4/c1-3-13-6-8-15(9-7-13)16(18(20)21)10-14-5-4-12(2)17(11-14)19(22)23/h4-9,11,16H,3,10H2,1-2H3,(H,20,21). The molecule has 120 valence electrons. The summed E-state index contributed by atoms with van der Waals surface area (Å²) in [6, 6.07) is 12.4. The molecule has 1 N–H and O–H groups in total. The average molecular weight is 313 g/mol. The van der Waals surface area contributed by atoms with Gasteiger partial charge in [0.1, 0.15) is 0 Å². The van der Waals surface area contributed by atoms with E-state index in [-0.39, 0.29) is 12.1 Å². The van der Waals surface area contributed by atoms with Crippen LogP contribution in [0.15, 0.2) is 42.5 Å². The zero-order valence-electron chi connectivity index (χ0n) is 13.2. The van der Waals surface area contributed by atoms with Crippen molar-refractivity contribution >= 4 is 11.7 Å². The number of carboxylic acids is 1. The SMILES string of the molecule is CCc1ccc(C(Cc2ccc(C)c([N+](=O)[O-])c2)C(=O)O)cc1. The Balaban J connectivity index is 2.31. The Morgan fingerprint density at radius 2 is 1.78 bits per heavy atom. The van der Waals surface area contributed by atoms with Crippen molar-refractivity contribution in [3.63, 3.8) is 0 Å². The number of nitrogens with zero attached hydrogens (tertiary/aromatic N) is 1. The molecule has 0 aliphatic carbocycles. The topological polar surface area (TPSA) is 80.4 Å². The first-order valence-corrected chi connectivity index (χ1v) is 7.48. The Bertz CT molecular complexity index is 722. The van der Waals surface area contributed by atoms with Gasteiger partial charge in [-0.15, -0.1) is 0 Å². The number of nitro groups is 1. The molecule has 1 unspecified atom stereocenters. The number of aliphatic carboxylic acids is 1. The molecule has 0 fully saturated rings. The Morgan fingerprint density at radius 1 is 1.17 bits per heavy atom. The minimum Gasteiger partial charge on any atom is -0.481 e. The number of carboxylic acid groups (broad SMARTS) is 1. The second-order valence-electron chi connectivity index (χ2n) is 5.57. The summed E-state index contributed by atoms with van der Waals surface area (Å²) in [6.07, 6.45) is 1.12. The highest BCUT2D eigenvalue weighted by molar-refractivity contribution is 5.76. The van der Waals surface area contributed by atoms with Gasteiger partial charge in [0.15, 0.2) is 0 Å². The number of nitro benzene ring substituents is 1. The third kappa shape index (κ3) is 3.94. The van der Waals surface area contributed by atoms with Crippen LogP contribution >= 0.6 is 0 Å². The fourth-order valence-electron chi connectivity index (χ4n) is 2.55. The van der Waals surface area contributed by atoms with E-state index in [4.69, 9.17) is 0 Å². The molecule has 0 bridgehead atoms. The van der Waals surface area contributed by atoms with Gasteiger partial charge in [-0.25, -0.2) is 0 Å². The van der Waals surface area contributed by atoms with Gasteiger partial charge in [0, 0.05) is 11.6 Å². The summed E-state index contributed by atoms with van der Waals surface area (Å²) in [5.41, 5.74) is 3.09. The number of rotatable bonds is 6. The highest BCUT2D eigenvalue weighted by Gasteiger charge is 2.22. The van der Waals surface area contributed by atoms with Gasteiger partial charge in [0.2, 0.25) is 0 Å². The van der Waals surface area contributed by atoms with Crippen molar-refractivity contribution in [2.75, 3.05) is 0 Å². The van der Waals surface area contributed by atoms with Crippen molar-refractivity contribution in [1.29, 1.82) is 0 Å². The Morgan fingerprint density at radius 3 is 2.30 bits per heavy atom. The summed E-state index contributed by atoms with van der Waals surface area (Å²) in [6.45, 7) is 3.70. The van der Waals surface area contributed by atoms with Gasteiger partial charge < -0.3 is 5.11 Å². The number of benzene rings is 2. The molecule has 0 saturated carbocycles. The lowest BCUT2D eigenvalue weighted by Crippen LogP contribution is -2.14. The molecule has 0 amide bonds. The van der Waals surface area contributed by atoms with Gasteiger partial charge in [-0.2, -0.15) is 0 Å². The van der Waals surface area contributed by atoms with E-state index in [2.05, 4.69) is 0 Å². The summed E-state index contributed by atoms with van der Waals surface area (Å²) in [5, 5.41) is 20.5. The Hall–Kier alpha value is -2.69. The van der Waals surface area contributed by atoms with Crippen molar-refractivity contribution in [2.45, 2.75) is 32.6 Å². The fourth-order valence-corrected chi connectivity index (χ4v) is 2.55. The predicted octanol–water partition coefficient (Wildman–Crippen LogP) is 3.88. The van der Waals surface area contributed by atoms with Crippen LogP contribution in [-0.2, 0) is 17.6 Å². The molecule has 0 aromatic heterocycles. The highest BCUT2D eigenvalue weighted by Crippen LogP contribution is 2.26. The van der Waals surface area contributed by atoms with E-state index < -0.39 is 16.8 Å².